The molecular formula is C18H12ClO3+. The second-order valence-corrected chi connectivity index (χ2v) is 5.19. The number of hydrogen-bond donors (Lipinski definition) is 1. The largest absolute Gasteiger partial charge is 0.478 e. The van der Waals surface area contributed by atoms with Crippen LogP contribution in [0.2, 0.25) is 5.02 Å². The first-order valence-electron chi connectivity index (χ1n) is 6.66. The average molecular weight is 312 g/mol. The van der Waals surface area contributed by atoms with Crippen LogP contribution in [0.1, 0.15) is 10.4 Å². The highest BCUT2D eigenvalue weighted by Gasteiger charge is 2.22. The summed E-state index contributed by atoms with van der Waals surface area (Å²) in [5.41, 5.74) is 1.76. The fourth-order valence-electron chi connectivity index (χ4n) is 2.13. The zero-order valence-corrected chi connectivity index (χ0v) is 12.2. The molecule has 2 aromatic carbocycles. The van der Waals surface area contributed by atoms with E-state index in [9.17, 15) is 9.90 Å². The Morgan fingerprint density at radius 3 is 1.95 bits per heavy atom. The van der Waals surface area contributed by atoms with E-state index in [4.69, 9.17) is 16.0 Å². The highest BCUT2D eigenvalue weighted by Crippen LogP contribution is 2.29. The fraction of sp³-hybridized carbons (Fsp3) is 0. The van der Waals surface area contributed by atoms with Crippen molar-refractivity contribution in [3.8, 4) is 22.6 Å². The summed E-state index contributed by atoms with van der Waals surface area (Å²) in [5.74, 6) is -0.0101. The van der Waals surface area contributed by atoms with Gasteiger partial charge in [-0.2, -0.15) is 0 Å². The van der Waals surface area contributed by atoms with Crippen molar-refractivity contribution in [3.05, 3.63) is 77.3 Å². The van der Waals surface area contributed by atoms with E-state index in [1.807, 2.05) is 30.3 Å². The third kappa shape index (κ3) is 3.00. The fourth-order valence-corrected chi connectivity index (χ4v) is 2.25. The lowest BCUT2D eigenvalue weighted by molar-refractivity contribution is 0.0696. The van der Waals surface area contributed by atoms with Gasteiger partial charge in [-0.25, -0.2) is 9.21 Å². The third-order valence-electron chi connectivity index (χ3n) is 3.23. The number of carbonyl (C=O) groups is 1. The van der Waals surface area contributed by atoms with Crippen molar-refractivity contribution < 1.29 is 14.3 Å². The maximum absolute atomic E-state index is 11.4. The SMILES string of the molecule is O=C(O)c1cc(-c2ccccc2)[o+]c(-c2ccc(Cl)cc2)c1. The monoisotopic (exact) mass is 311 g/mol. The van der Waals surface area contributed by atoms with Crippen LogP contribution in [0.4, 0.5) is 0 Å². The summed E-state index contributed by atoms with van der Waals surface area (Å²) in [6.07, 6.45) is 0. The number of aromatic carboxylic acids is 1. The molecule has 3 aromatic rings. The molecule has 0 aliphatic heterocycles. The Bertz CT molecular complexity index is 811. The minimum Gasteiger partial charge on any atom is -0.478 e. The molecule has 108 valence electrons. The van der Waals surface area contributed by atoms with E-state index in [1.165, 1.54) is 12.1 Å². The van der Waals surface area contributed by atoms with Crippen LogP contribution in [-0.2, 0) is 0 Å². The number of carboxylic acid groups (broad SMARTS) is 1. The van der Waals surface area contributed by atoms with E-state index >= 15 is 0 Å². The summed E-state index contributed by atoms with van der Waals surface area (Å²) in [7, 11) is 0. The second kappa shape index (κ2) is 6.00. The standard InChI is InChI=1S/C18H11ClO3/c19-15-8-6-13(7-9-15)17-11-14(18(20)21)10-16(22-17)12-4-2-1-3-5-12/h1-11H/p+1. The first kappa shape index (κ1) is 14.3. The maximum Gasteiger partial charge on any atom is 0.361 e. The average Bonchev–Trinajstić information content (AvgIpc) is 2.56. The zero-order chi connectivity index (χ0) is 15.5. The molecule has 1 N–H and O–H groups in total. The molecule has 0 radical (unpaired) electrons. The maximum atomic E-state index is 11.4. The molecule has 3 rings (SSSR count). The molecule has 0 saturated heterocycles. The topological polar surface area (TPSA) is 48.6 Å². The molecule has 3 nitrogen and oxygen atoms in total. The van der Waals surface area contributed by atoms with Crippen molar-refractivity contribution in [2.24, 2.45) is 0 Å². The van der Waals surface area contributed by atoms with Crippen molar-refractivity contribution in [2.75, 3.05) is 0 Å². The molecule has 1 heterocycles. The number of halogens is 1. The molecule has 0 bridgehead atoms. The van der Waals surface area contributed by atoms with E-state index < -0.39 is 5.97 Å². The van der Waals surface area contributed by atoms with Crippen LogP contribution in [0.25, 0.3) is 22.6 Å². The summed E-state index contributed by atoms with van der Waals surface area (Å²) in [4.78, 5) is 11.4. The molecule has 0 aliphatic carbocycles. The van der Waals surface area contributed by atoms with Crippen LogP contribution in [0.3, 0.4) is 0 Å². The molecular weight excluding hydrogens is 300 g/mol. The lowest BCUT2D eigenvalue weighted by Gasteiger charge is -1.98. The van der Waals surface area contributed by atoms with Gasteiger partial charge in [0.2, 0.25) is 0 Å². The quantitative estimate of drug-likeness (QED) is 0.672. The summed E-state index contributed by atoms with van der Waals surface area (Å²) in [5, 5.41) is 9.92. The lowest BCUT2D eigenvalue weighted by atomic mass is 10.1. The molecule has 0 unspecified atom stereocenters. The summed E-state index contributed by atoms with van der Waals surface area (Å²) in [6, 6.07) is 19.5. The van der Waals surface area contributed by atoms with Gasteiger partial charge < -0.3 is 5.11 Å². The van der Waals surface area contributed by atoms with Crippen molar-refractivity contribution in [1.29, 1.82) is 0 Å². The molecule has 0 aliphatic rings. The van der Waals surface area contributed by atoms with Gasteiger partial charge in [0.25, 0.3) is 0 Å². The molecule has 22 heavy (non-hydrogen) atoms. The molecule has 1 aromatic heterocycles. The van der Waals surface area contributed by atoms with Crippen LogP contribution in [0.15, 0.2) is 71.1 Å². The van der Waals surface area contributed by atoms with Crippen molar-refractivity contribution >= 4 is 17.6 Å². The Hall–Kier alpha value is -2.65. The first-order valence-corrected chi connectivity index (χ1v) is 7.04. The van der Waals surface area contributed by atoms with Crippen molar-refractivity contribution in [3.63, 3.8) is 0 Å². The van der Waals surface area contributed by atoms with Gasteiger partial charge >= 0.3 is 17.5 Å². The van der Waals surface area contributed by atoms with E-state index in [-0.39, 0.29) is 5.56 Å². The first-order chi connectivity index (χ1) is 10.6. The van der Waals surface area contributed by atoms with Crippen molar-refractivity contribution in [2.45, 2.75) is 0 Å². The highest BCUT2D eigenvalue weighted by molar-refractivity contribution is 6.30. The second-order valence-electron chi connectivity index (χ2n) is 4.75. The van der Waals surface area contributed by atoms with E-state index in [2.05, 4.69) is 0 Å². The summed E-state index contributed by atoms with van der Waals surface area (Å²) in [6.45, 7) is 0. The minimum atomic E-state index is -0.997. The van der Waals surface area contributed by atoms with Gasteiger partial charge in [-0.15, -0.1) is 0 Å². The lowest BCUT2D eigenvalue weighted by Crippen LogP contribution is -1.97. The Balaban J connectivity index is 2.16. The van der Waals surface area contributed by atoms with Crippen LogP contribution in [0.5, 0.6) is 0 Å². The van der Waals surface area contributed by atoms with Gasteiger partial charge in [0.15, 0.2) is 0 Å². The summed E-state index contributed by atoms with van der Waals surface area (Å²) < 4.78 is 5.87. The van der Waals surface area contributed by atoms with Gasteiger partial charge in [-0.05, 0) is 36.4 Å². The number of rotatable bonds is 3. The van der Waals surface area contributed by atoms with Crippen LogP contribution >= 0.6 is 11.6 Å². The molecule has 0 amide bonds. The number of benzene rings is 2. The predicted molar refractivity (Wildman–Crippen MR) is 86.0 cm³/mol. The van der Waals surface area contributed by atoms with E-state index in [0.29, 0.717) is 16.5 Å². The molecule has 4 heteroatoms. The predicted octanol–water partition coefficient (Wildman–Crippen LogP) is 5.25. The van der Waals surface area contributed by atoms with E-state index in [1.54, 1.807) is 24.3 Å². The van der Waals surface area contributed by atoms with Gasteiger partial charge in [-0.3, -0.25) is 0 Å². The smallest absolute Gasteiger partial charge is 0.361 e. The Kier molecular flexibility index (Phi) is 3.90. The Labute approximate surface area is 132 Å². The van der Waals surface area contributed by atoms with Gasteiger partial charge in [-0.1, -0.05) is 29.8 Å². The van der Waals surface area contributed by atoms with Crippen molar-refractivity contribution in [1.82, 2.24) is 0 Å². The van der Waals surface area contributed by atoms with Crippen LogP contribution in [0, 0.1) is 0 Å². The number of carboxylic acids is 1. The van der Waals surface area contributed by atoms with Crippen LogP contribution < -0.4 is 0 Å². The van der Waals surface area contributed by atoms with Crippen LogP contribution in [-0.4, -0.2) is 11.1 Å². The van der Waals surface area contributed by atoms with E-state index in [0.717, 1.165) is 11.1 Å². The Morgan fingerprint density at radius 2 is 1.41 bits per heavy atom. The Morgan fingerprint density at radius 1 is 0.864 bits per heavy atom. The number of hydrogen-bond acceptors (Lipinski definition) is 1. The summed E-state index contributed by atoms with van der Waals surface area (Å²) >= 11 is 5.88. The minimum absolute atomic E-state index is 0.176. The highest BCUT2D eigenvalue weighted by atomic mass is 35.5. The molecule has 0 saturated carbocycles. The molecule has 0 spiro atoms. The van der Waals surface area contributed by atoms with Gasteiger partial charge in [0, 0.05) is 5.02 Å². The molecule has 0 atom stereocenters. The van der Waals surface area contributed by atoms with Gasteiger partial charge in [0.1, 0.15) is 0 Å². The van der Waals surface area contributed by atoms with Gasteiger partial charge in [0.05, 0.1) is 28.8 Å². The molecule has 0 fully saturated rings. The third-order valence-corrected chi connectivity index (χ3v) is 3.48. The zero-order valence-electron chi connectivity index (χ0n) is 11.5. The normalized spacial score (nSPS) is 10.4.